The van der Waals surface area contributed by atoms with Crippen LogP contribution in [0.15, 0.2) is 59.7 Å². The molecule has 192 valence electrons. The van der Waals surface area contributed by atoms with E-state index in [1.165, 1.54) is 0 Å². The van der Waals surface area contributed by atoms with E-state index >= 15 is 0 Å². The van der Waals surface area contributed by atoms with Gasteiger partial charge in [0.25, 0.3) is 5.72 Å². The summed E-state index contributed by atoms with van der Waals surface area (Å²) in [4.78, 5) is 12.5. The van der Waals surface area contributed by atoms with Gasteiger partial charge >= 0.3 is 0 Å². The van der Waals surface area contributed by atoms with E-state index in [1.807, 2.05) is 54.9 Å². The van der Waals surface area contributed by atoms with Crippen molar-refractivity contribution in [2.45, 2.75) is 26.0 Å². The molecular weight excluding hydrogens is 492 g/mol. The van der Waals surface area contributed by atoms with Crippen molar-refractivity contribution in [3.63, 3.8) is 0 Å². The molecule has 0 amide bonds. The molecule has 0 radical (unpaired) electrons. The molecule has 37 heavy (non-hydrogen) atoms. The molecule has 3 aliphatic rings. The minimum atomic E-state index is -1.14. The molecule has 9 heteroatoms. The zero-order chi connectivity index (χ0) is 25.8. The molecule has 8 nitrogen and oxygen atoms in total. The van der Waals surface area contributed by atoms with Gasteiger partial charge in [0.2, 0.25) is 0 Å². The molecule has 0 saturated carbocycles. The van der Waals surface area contributed by atoms with Crippen LogP contribution in [0.3, 0.4) is 0 Å². The highest BCUT2D eigenvalue weighted by atomic mass is 35.5. The number of halogens is 1. The molecule has 1 unspecified atom stereocenters. The third-order valence-electron chi connectivity index (χ3n) is 7.38. The van der Waals surface area contributed by atoms with Crippen molar-refractivity contribution in [3.8, 4) is 11.4 Å². The molecule has 6 rings (SSSR count). The second-order valence-corrected chi connectivity index (χ2v) is 10.7. The number of methoxy groups -OCH3 is 1. The summed E-state index contributed by atoms with van der Waals surface area (Å²) in [7, 11) is 1.67. The van der Waals surface area contributed by atoms with Crippen LogP contribution in [0.4, 0.5) is 0 Å². The standard InChI is InChI=1S/C28H29ClN4O4/c1-18-6-22(10-23(29)7-18)28(14-34)33-13-27(15-36-16-27)11-21(26(33)31-37-28)8-20-4-5-24(25(9-20)35-3)32-12-19(2)30-17-32/h4-10,12,17,34H,11,13-16H2,1-3H3/b21-8+. The van der Waals surface area contributed by atoms with E-state index in [1.54, 1.807) is 13.4 Å². The number of aliphatic hydroxyl groups is 1. The molecule has 0 bridgehead atoms. The number of aliphatic hydroxyl groups excluding tert-OH is 1. The Hall–Kier alpha value is -3.33. The highest BCUT2D eigenvalue weighted by Gasteiger charge is 2.56. The Morgan fingerprint density at radius 3 is 2.68 bits per heavy atom. The van der Waals surface area contributed by atoms with Crippen LogP contribution in [0.5, 0.6) is 5.75 Å². The number of aromatic nitrogens is 2. The number of benzene rings is 2. The molecule has 1 atom stereocenters. The monoisotopic (exact) mass is 520 g/mol. The molecule has 1 N–H and O–H groups in total. The second kappa shape index (κ2) is 8.90. The van der Waals surface area contributed by atoms with Gasteiger partial charge in [-0.2, -0.15) is 0 Å². The van der Waals surface area contributed by atoms with Crippen LogP contribution < -0.4 is 4.74 Å². The fourth-order valence-corrected chi connectivity index (χ4v) is 5.81. The topological polar surface area (TPSA) is 81.3 Å². The van der Waals surface area contributed by atoms with Gasteiger partial charge in [-0.05, 0) is 73.4 Å². The van der Waals surface area contributed by atoms with Gasteiger partial charge in [-0.25, -0.2) is 4.98 Å². The van der Waals surface area contributed by atoms with Gasteiger partial charge in [-0.1, -0.05) is 22.8 Å². The van der Waals surface area contributed by atoms with E-state index < -0.39 is 5.72 Å². The normalized spacial score (nSPS) is 23.0. The van der Waals surface area contributed by atoms with Crippen molar-refractivity contribution in [2.75, 3.05) is 33.5 Å². The maximum absolute atomic E-state index is 10.7. The van der Waals surface area contributed by atoms with Crippen molar-refractivity contribution in [2.24, 2.45) is 10.6 Å². The first-order chi connectivity index (χ1) is 17.8. The molecule has 4 heterocycles. The Labute approximate surface area is 220 Å². The van der Waals surface area contributed by atoms with Crippen LogP contribution >= 0.6 is 11.6 Å². The van der Waals surface area contributed by atoms with E-state index in [4.69, 9.17) is 25.9 Å². The Morgan fingerprint density at radius 2 is 2.03 bits per heavy atom. The molecule has 2 aromatic carbocycles. The summed E-state index contributed by atoms with van der Waals surface area (Å²) >= 11 is 6.40. The predicted molar refractivity (Wildman–Crippen MR) is 141 cm³/mol. The number of fused-ring (bicyclic) bond motifs is 1. The number of hydrogen-bond acceptors (Lipinski definition) is 7. The zero-order valence-corrected chi connectivity index (χ0v) is 21.8. The molecule has 3 aliphatic heterocycles. The summed E-state index contributed by atoms with van der Waals surface area (Å²) < 4.78 is 13.3. The van der Waals surface area contributed by atoms with Crippen LogP contribution in [0.1, 0.15) is 28.8 Å². The number of amidine groups is 1. The second-order valence-electron chi connectivity index (χ2n) is 10.2. The number of rotatable bonds is 5. The summed E-state index contributed by atoms with van der Waals surface area (Å²) in [6.45, 7) is 5.62. The molecule has 2 fully saturated rings. The van der Waals surface area contributed by atoms with E-state index in [0.717, 1.165) is 51.7 Å². The summed E-state index contributed by atoms with van der Waals surface area (Å²) in [5, 5.41) is 15.8. The fraction of sp³-hybridized carbons (Fsp3) is 0.357. The molecule has 1 aromatic heterocycles. The highest BCUT2D eigenvalue weighted by Crippen LogP contribution is 2.48. The average molecular weight is 521 g/mol. The van der Waals surface area contributed by atoms with E-state index in [2.05, 4.69) is 27.2 Å². The highest BCUT2D eigenvalue weighted by molar-refractivity contribution is 6.30. The van der Waals surface area contributed by atoms with Crippen molar-refractivity contribution in [3.05, 3.63) is 81.9 Å². The van der Waals surface area contributed by atoms with Crippen molar-refractivity contribution >= 4 is 23.5 Å². The lowest BCUT2D eigenvalue weighted by Crippen LogP contribution is -2.61. The number of hydrogen-bond donors (Lipinski definition) is 1. The van der Waals surface area contributed by atoms with Crippen LogP contribution in [0.25, 0.3) is 11.8 Å². The molecule has 1 spiro atoms. The van der Waals surface area contributed by atoms with Gasteiger partial charge in [-0.15, -0.1) is 0 Å². The first-order valence-electron chi connectivity index (χ1n) is 12.2. The van der Waals surface area contributed by atoms with Gasteiger partial charge in [0.1, 0.15) is 12.4 Å². The SMILES string of the molecule is COc1cc(/C=C2\CC3(COC3)CN3C2=NOC3(CO)c2cc(C)cc(Cl)c2)ccc1-n1cnc(C)c1. The van der Waals surface area contributed by atoms with Gasteiger partial charge in [0.15, 0.2) is 5.84 Å². The zero-order valence-electron chi connectivity index (χ0n) is 21.1. The number of aryl methyl sites for hydroxylation is 2. The Kier molecular flexibility index (Phi) is 5.78. The van der Waals surface area contributed by atoms with Gasteiger partial charge in [-0.3, -0.25) is 0 Å². The maximum Gasteiger partial charge on any atom is 0.260 e. The van der Waals surface area contributed by atoms with Gasteiger partial charge in [0.05, 0.1) is 38.0 Å². The predicted octanol–water partition coefficient (Wildman–Crippen LogP) is 4.45. The molecular formula is C28H29ClN4O4. The van der Waals surface area contributed by atoms with Crippen LogP contribution in [0, 0.1) is 19.3 Å². The van der Waals surface area contributed by atoms with Crippen molar-refractivity contribution < 1.29 is 19.4 Å². The smallest absolute Gasteiger partial charge is 0.260 e. The number of nitrogens with zero attached hydrogens (tertiary/aromatic N) is 4. The Balaban J connectivity index is 1.40. The number of oxime groups is 1. The lowest BCUT2D eigenvalue weighted by atomic mass is 9.74. The van der Waals surface area contributed by atoms with E-state index in [9.17, 15) is 5.11 Å². The van der Waals surface area contributed by atoms with Crippen molar-refractivity contribution in [1.29, 1.82) is 0 Å². The summed E-state index contributed by atoms with van der Waals surface area (Å²) in [6, 6.07) is 11.8. The Bertz CT molecular complexity index is 1410. The minimum Gasteiger partial charge on any atom is -0.495 e. The van der Waals surface area contributed by atoms with Crippen LogP contribution in [-0.2, 0) is 15.3 Å². The lowest BCUT2D eigenvalue weighted by Gasteiger charge is -2.51. The molecule has 3 aromatic rings. The van der Waals surface area contributed by atoms with Crippen molar-refractivity contribution in [1.82, 2.24) is 14.5 Å². The fourth-order valence-electron chi connectivity index (χ4n) is 5.52. The Morgan fingerprint density at radius 1 is 1.19 bits per heavy atom. The third-order valence-corrected chi connectivity index (χ3v) is 7.60. The van der Waals surface area contributed by atoms with E-state index in [0.29, 0.717) is 24.8 Å². The third kappa shape index (κ3) is 4.00. The number of ether oxygens (including phenoxy) is 2. The summed E-state index contributed by atoms with van der Waals surface area (Å²) in [5.74, 6) is 1.46. The van der Waals surface area contributed by atoms with Gasteiger partial charge < -0.3 is 28.9 Å². The summed E-state index contributed by atoms with van der Waals surface area (Å²) in [5.41, 5.74) is 4.39. The summed E-state index contributed by atoms with van der Waals surface area (Å²) in [6.07, 6.45) is 6.66. The molecule has 2 saturated heterocycles. The number of imidazole rings is 1. The quantitative estimate of drug-likeness (QED) is 0.535. The maximum atomic E-state index is 10.7. The first kappa shape index (κ1) is 24.0. The lowest BCUT2D eigenvalue weighted by molar-refractivity contribution is -0.178. The van der Waals surface area contributed by atoms with Crippen LogP contribution in [0.2, 0.25) is 5.02 Å². The van der Waals surface area contributed by atoms with Crippen LogP contribution in [-0.4, -0.2) is 58.9 Å². The van der Waals surface area contributed by atoms with E-state index in [-0.39, 0.29) is 12.0 Å². The largest absolute Gasteiger partial charge is 0.495 e. The van der Waals surface area contributed by atoms with Gasteiger partial charge in [0, 0.05) is 28.7 Å². The average Bonchev–Trinajstić information content (AvgIpc) is 3.46. The first-order valence-corrected chi connectivity index (χ1v) is 12.6. The molecule has 0 aliphatic carbocycles. The number of piperidine rings is 1. The minimum absolute atomic E-state index is 0.0784.